The van der Waals surface area contributed by atoms with Crippen molar-refractivity contribution >= 4 is 6.09 Å². The first-order valence-electron chi connectivity index (χ1n) is 3.35. The van der Waals surface area contributed by atoms with Crippen LogP contribution in [0.2, 0.25) is 0 Å². The van der Waals surface area contributed by atoms with E-state index in [4.69, 9.17) is 10.5 Å². The molecule has 58 valence electrons. The van der Waals surface area contributed by atoms with Crippen LogP contribution in [-0.4, -0.2) is 37.2 Å². The van der Waals surface area contributed by atoms with Crippen molar-refractivity contribution < 1.29 is 9.53 Å². The topological polar surface area (TPSA) is 55.6 Å². The second-order valence-electron chi connectivity index (χ2n) is 2.40. The number of carbonyl (C=O) groups is 1. The molecule has 0 radical (unpaired) electrons. The number of hydrogen-bond acceptors (Lipinski definition) is 3. The standard InChI is InChI=1S/C6H12N2O2/c1-8-5(4-7)2-3-10-6(8)9/h5H,2-4,7H2,1H3. The van der Waals surface area contributed by atoms with Crippen molar-refractivity contribution in [2.75, 3.05) is 20.2 Å². The maximum absolute atomic E-state index is 10.8. The number of carbonyl (C=O) groups excluding carboxylic acids is 1. The average molecular weight is 144 g/mol. The van der Waals surface area contributed by atoms with Gasteiger partial charge in [0.25, 0.3) is 0 Å². The average Bonchev–Trinajstić information content (AvgIpc) is 1.95. The molecular weight excluding hydrogens is 132 g/mol. The molecule has 0 aromatic heterocycles. The molecule has 2 N–H and O–H groups in total. The first-order chi connectivity index (χ1) is 4.75. The van der Waals surface area contributed by atoms with Crippen LogP contribution in [0.3, 0.4) is 0 Å². The van der Waals surface area contributed by atoms with Crippen LogP contribution >= 0.6 is 0 Å². The molecule has 1 aliphatic heterocycles. The Morgan fingerprint density at radius 2 is 2.60 bits per heavy atom. The third-order valence-corrected chi connectivity index (χ3v) is 1.78. The van der Waals surface area contributed by atoms with Gasteiger partial charge in [0.05, 0.1) is 12.6 Å². The molecule has 1 atom stereocenters. The Hall–Kier alpha value is -0.770. The van der Waals surface area contributed by atoms with Crippen molar-refractivity contribution in [3.63, 3.8) is 0 Å². The van der Waals surface area contributed by atoms with Crippen LogP contribution in [0.4, 0.5) is 4.79 Å². The maximum atomic E-state index is 10.8. The van der Waals surface area contributed by atoms with E-state index in [-0.39, 0.29) is 12.1 Å². The third kappa shape index (κ3) is 1.21. The van der Waals surface area contributed by atoms with E-state index in [1.54, 1.807) is 11.9 Å². The fraction of sp³-hybridized carbons (Fsp3) is 0.833. The van der Waals surface area contributed by atoms with Crippen LogP contribution in [-0.2, 0) is 4.74 Å². The summed E-state index contributed by atoms with van der Waals surface area (Å²) >= 11 is 0. The lowest BCUT2D eigenvalue weighted by molar-refractivity contribution is 0.0584. The van der Waals surface area contributed by atoms with E-state index >= 15 is 0 Å². The van der Waals surface area contributed by atoms with E-state index < -0.39 is 0 Å². The third-order valence-electron chi connectivity index (χ3n) is 1.78. The van der Waals surface area contributed by atoms with Gasteiger partial charge in [0.15, 0.2) is 0 Å². The molecule has 1 fully saturated rings. The van der Waals surface area contributed by atoms with Crippen molar-refractivity contribution in [3.8, 4) is 0 Å². The van der Waals surface area contributed by atoms with Gasteiger partial charge >= 0.3 is 6.09 Å². The van der Waals surface area contributed by atoms with E-state index in [0.717, 1.165) is 6.42 Å². The van der Waals surface area contributed by atoms with Gasteiger partial charge < -0.3 is 15.4 Å². The number of amides is 1. The van der Waals surface area contributed by atoms with Gasteiger partial charge in [-0.25, -0.2) is 4.79 Å². The van der Waals surface area contributed by atoms with Crippen molar-refractivity contribution in [1.82, 2.24) is 4.90 Å². The Morgan fingerprint density at radius 1 is 1.90 bits per heavy atom. The fourth-order valence-electron chi connectivity index (χ4n) is 1.00. The van der Waals surface area contributed by atoms with Crippen LogP contribution in [0.5, 0.6) is 0 Å². The molecule has 1 amide bonds. The van der Waals surface area contributed by atoms with Gasteiger partial charge in [-0.2, -0.15) is 0 Å². The lowest BCUT2D eigenvalue weighted by Gasteiger charge is -2.30. The van der Waals surface area contributed by atoms with Crippen molar-refractivity contribution in [3.05, 3.63) is 0 Å². The normalized spacial score (nSPS) is 26.4. The summed E-state index contributed by atoms with van der Waals surface area (Å²) in [6, 6.07) is 0.168. The summed E-state index contributed by atoms with van der Waals surface area (Å²) in [7, 11) is 1.71. The SMILES string of the molecule is CN1C(=O)OCCC1CN. The predicted octanol–water partition coefficient (Wildman–Crippen LogP) is -0.214. The van der Waals surface area contributed by atoms with Gasteiger partial charge in [0.2, 0.25) is 0 Å². The van der Waals surface area contributed by atoms with E-state index in [1.165, 1.54) is 0 Å². The monoisotopic (exact) mass is 144 g/mol. The highest BCUT2D eigenvalue weighted by Gasteiger charge is 2.24. The molecule has 4 nitrogen and oxygen atoms in total. The number of hydrogen-bond donors (Lipinski definition) is 1. The fourth-order valence-corrected chi connectivity index (χ4v) is 1.00. The second-order valence-corrected chi connectivity index (χ2v) is 2.40. The molecular formula is C6H12N2O2. The van der Waals surface area contributed by atoms with Gasteiger partial charge in [0.1, 0.15) is 0 Å². The van der Waals surface area contributed by atoms with E-state index in [0.29, 0.717) is 13.2 Å². The molecule has 1 aliphatic rings. The van der Waals surface area contributed by atoms with Crippen LogP contribution in [0.1, 0.15) is 6.42 Å². The molecule has 0 aromatic rings. The molecule has 1 rings (SSSR count). The van der Waals surface area contributed by atoms with Crippen molar-refractivity contribution in [2.24, 2.45) is 5.73 Å². The summed E-state index contributed by atoms with van der Waals surface area (Å²) in [5.74, 6) is 0. The van der Waals surface area contributed by atoms with E-state index in [1.807, 2.05) is 0 Å². The molecule has 0 saturated carbocycles. The van der Waals surface area contributed by atoms with Gasteiger partial charge in [0, 0.05) is 20.0 Å². The minimum atomic E-state index is -0.262. The molecule has 0 spiro atoms. The summed E-state index contributed by atoms with van der Waals surface area (Å²) < 4.78 is 4.75. The largest absolute Gasteiger partial charge is 0.449 e. The zero-order valence-corrected chi connectivity index (χ0v) is 6.04. The van der Waals surface area contributed by atoms with Crippen LogP contribution in [0.15, 0.2) is 0 Å². The molecule has 1 saturated heterocycles. The van der Waals surface area contributed by atoms with Crippen molar-refractivity contribution in [2.45, 2.75) is 12.5 Å². The molecule has 4 heteroatoms. The summed E-state index contributed by atoms with van der Waals surface area (Å²) in [5.41, 5.74) is 5.41. The Bertz CT molecular complexity index is 138. The molecule has 0 bridgehead atoms. The number of nitrogens with two attached hydrogens (primary N) is 1. The Morgan fingerprint density at radius 3 is 3.10 bits per heavy atom. The summed E-state index contributed by atoms with van der Waals surface area (Å²) in [4.78, 5) is 12.4. The van der Waals surface area contributed by atoms with Gasteiger partial charge in [-0.15, -0.1) is 0 Å². The Kier molecular flexibility index (Phi) is 2.11. The zero-order chi connectivity index (χ0) is 7.56. The summed E-state index contributed by atoms with van der Waals surface area (Å²) in [6.45, 7) is 1.02. The molecule has 0 aromatic carbocycles. The minimum absolute atomic E-state index is 0.168. The Balaban J connectivity index is 2.51. The minimum Gasteiger partial charge on any atom is -0.449 e. The summed E-state index contributed by atoms with van der Waals surface area (Å²) in [5, 5.41) is 0. The smallest absolute Gasteiger partial charge is 0.409 e. The first-order valence-corrected chi connectivity index (χ1v) is 3.35. The maximum Gasteiger partial charge on any atom is 0.409 e. The van der Waals surface area contributed by atoms with Crippen LogP contribution in [0.25, 0.3) is 0 Å². The highest BCUT2D eigenvalue weighted by atomic mass is 16.6. The van der Waals surface area contributed by atoms with Crippen LogP contribution in [0, 0.1) is 0 Å². The zero-order valence-electron chi connectivity index (χ0n) is 6.04. The van der Waals surface area contributed by atoms with Crippen LogP contribution < -0.4 is 5.73 Å². The lowest BCUT2D eigenvalue weighted by Crippen LogP contribution is -2.46. The first kappa shape index (κ1) is 7.34. The van der Waals surface area contributed by atoms with E-state index in [9.17, 15) is 4.79 Å². The summed E-state index contributed by atoms with van der Waals surface area (Å²) in [6.07, 6.45) is 0.584. The van der Waals surface area contributed by atoms with Gasteiger partial charge in [-0.1, -0.05) is 0 Å². The number of nitrogens with zero attached hydrogens (tertiary/aromatic N) is 1. The van der Waals surface area contributed by atoms with Gasteiger partial charge in [-0.05, 0) is 0 Å². The predicted molar refractivity (Wildman–Crippen MR) is 36.6 cm³/mol. The second kappa shape index (κ2) is 2.88. The lowest BCUT2D eigenvalue weighted by atomic mass is 10.2. The number of rotatable bonds is 1. The molecule has 1 unspecified atom stereocenters. The number of ether oxygens (including phenoxy) is 1. The highest BCUT2D eigenvalue weighted by molar-refractivity contribution is 5.68. The van der Waals surface area contributed by atoms with Crippen molar-refractivity contribution in [1.29, 1.82) is 0 Å². The molecule has 0 aliphatic carbocycles. The Labute approximate surface area is 59.9 Å². The van der Waals surface area contributed by atoms with Gasteiger partial charge in [-0.3, -0.25) is 0 Å². The number of cyclic esters (lactones) is 1. The molecule has 1 heterocycles. The quantitative estimate of drug-likeness (QED) is 0.553. The number of likely N-dealkylation sites (N-methyl/N-ethyl adjacent to an activating group) is 1. The molecule has 10 heavy (non-hydrogen) atoms. The van der Waals surface area contributed by atoms with E-state index in [2.05, 4.69) is 0 Å². The highest BCUT2D eigenvalue weighted by Crippen LogP contribution is 2.08.